The van der Waals surface area contributed by atoms with Gasteiger partial charge in [-0.3, -0.25) is 14.6 Å². The molecule has 182 valence electrons. The van der Waals surface area contributed by atoms with Gasteiger partial charge in [0, 0.05) is 50.5 Å². The molecule has 0 bridgehead atoms. The highest BCUT2D eigenvalue weighted by molar-refractivity contribution is 14.0. The Kier molecular flexibility index (Phi) is 9.95. The maximum absolute atomic E-state index is 4.78. The molecule has 1 saturated heterocycles. The van der Waals surface area contributed by atoms with E-state index >= 15 is 0 Å². The number of aliphatic imine (C=N–C) groups is 1. The molecule has 0 aliphatic carbocycles. The van der Waals surface area contributed by atoms with Crippen LogP contribution in [0.15, 0.2) is 65.7 Å². The molecule has 2 aromatic carbocycles. The van der Waals surface area contributed by atoms with Gasteiger partial charge in [-0.1, -0.05) is 60.7 Å². The summed E-state index contributed by atoms with van der Waals surface area (Å²) in [5.41, 5.74) is 6.17. The van der Waals surface area contributed by atoms with Gasteiger partial charge in [0.2, 0.25) is 0 Å². The molecule has 4 rings (SSSR count). The van der Waals surface area contributed by atoms with E-state index in [1.54, 1.807) is 0 Å². The Labute approximate surface area is 220 Å². The third-order valence-electron chi connectivity index (χ3n) is 6.54. The van der Waals surface area contributed by atoms with Crippen molar-refractivity contribution >= 4 is 29.9 Å². The number of hydrogen-bond acceptors (Lipinski definition) is 3. The zero-order valence-electron chi connectivity index (χ0n) is 20.5. The van der Waals surface area contributed by atoms with E-state index in [4.69, 9.17) is 5.10 Å². The number of piperidine rings is 1. The van der Waals surface area contributed by atoms with Crippen molar-refractivity contribution < 1.29 is 0 Å². The van der Waals surface area contributed by atoms with Crippen molar-refractivity contribution in [3.63, 3.8) is 0 Å². The average Bonchev–Trinajstić information content (AvgIpc) is 3.11. The number of rotatable bonds is 7. The lowest BCUT2D eigenvalue weighted by atomic mass is 10.0. The first-order chi connectivity index (χ1) is 16.1. The Balaban J connectivity index is 0.00000324. The van der Waals surface area contributed by atoms with Crippen LogP contribution in [0.1, 0.15) is 40.9 Å². The van der Waals surface area contributed by atoms with Crippen LogP contribution >= 0.6 is 24.0 Å². The van der Waals surface area contributed by atoms with Crippen LogP contribution in [0.25, 0.3) is 0 Å². The van der Waals surface area contributed by atoms with Gasteiger partial charge >= 0.3 is 0 Å². The molecule has 0 amide bonds. The molecule has 0 saturated carbocycles. The third-order valence-corrected chi connectivity index (χ3v) is 6.54. The fraction of sp³-hybridized carbons (Fsp3) is 0.407. The Morgan fingerprint density at radius 2 is 1.53 bits per heavy atom. The van der Waals surface area contributed by atoms with E-state index < -0.39 is 0 Å². The van der Waals surface area contributed by atoms with E-state index in [-0.39, 0.29) is 24.0 Å². The highest BCUT2D eigenvalue weighted by Gasteiger charge is 2.20. The zero-order chi connectivity index (χ0) is 23.0. The van der Waals surface area contributed by atoms with E-state index in [9.17, 15) is 0 Å². The Morgan fingerprint density at radius 1 is 0.941 bits per heavy atom. The second kappa shape index (κ2) is 12.9. The Bertz CT molecular complexity index is 1040. The van der Waals surface area contributed by atoms with Crippen molar-refractivity contribution in [1.82, 2.24) is 25.3 Å². The Hall–Kier alpha value is -2.39. The molecule has 0 spiro atoms. The zero-order valence-corrected chi connectivity index (χ0v) is 22.8. The number of guanidine groups is 1. The maximum Gasteiger partial charge on any atom is 0.191 e. The van der Waals surface area contributed by atoms with Gasteiger partial charge in [-0.15, -0.1) is 24.0 Å². The third kappa shape index (κ3) is 7.06. The molecule has 1 aliphatic heterocycles. The SMILES string of the molecule is CN=C(NCc1c(C)nn(Cc2ccccc2)c1C)NC1CCN(Cc2ccccc2)CC1.I. The molecule has 6 nitrogen and oxygen atoms in total. The second-order valence-electron chi connectivity index (χ2n) is 8.90. The number of halogens is 1. The van der Waals surface area contributed by atoms with Crippen molar-refractivity contribution in [2.75, 3.05) is 20.1 Å². The highest BCUT2D eigenvalue weighted by Crippen LogP contribution is 2.16. The molecule has 34 heavy (non-hydrogen) atoms. The second-order valence-corrected chi connectivity index (χ2v) is 8.90. The molecule has 2 heterocycles. The summed E-state index contributed by atoms with van der Waals surface area (Å²) >= 11 is 0. The van der Waals surface area contributed by atoms with Gasteiger partial charge in [0.05, 0.1) is 12.2 Å². The maximum atomic E-state index is 4.78. The minimum Gasteiger partial charge on any atom is -0.354 e. The number of nitrogens with zero attached hydrogens (tertiary/aromatic N) is 4. The van der Waals surface area contributed by atoms with Gasteiger partial charge in [-0.2, -0.15) is 5.10 Å². The molecule has 0 radical (unpaired) electrons. The van der Waals surface area contributed by atoms with Crippen LogP contribution in [0, 0.1) is 13.8 Å². The standard InChI is InChI=1S/C27H36N6.HI/c1-21-26(22(2)33(31-21)20-24-12-8-5-9-13-24)18-29-27(28-3)30-25-14-16-32(17-15-25)19-23-10-6-4-7-11-23;/h4-13,25H,14-20H2,1-3H3,(H2,28,29,30);1H. The molecule has 1 aliphatic rings. The van der Waals surface area contributed by atoms with Crippen LogP contribution in [0.2, 0.25) is 0 Å². The first kappa shape index (κ1) is 26.2. The summed E-state index contributed by atoms with van der Waals surface area (Å²) in [5.74, 6) is 0.867. The van der Waals surface area contributed by atoms with Crippen LogP contribution in [-0.4, -0.2) is 46.8 Å². The minimum absolute atomic E-state index is 0. The lowest BCUT2D eigenvalue weighted by Gasteiger charge is -2.33. The number of hydrogen-bond donors (Lipinski definition) is 2. The number of nitrogens with one attached hydrogen (secondary N) is 2. The van der Waals surface area contributed by atoms with Crippen molar-refractivity contribution in [2.45, 2.75) is 52.4 Å². The average molecular weight is 573 g/mol. The van der Waals surface area contributed by atoms with Crippen molar-refractivity contribution in [1.29, 1.82) is 0 Å². The summed E-state index contributed by atoms with van der Waals surface area (Å²) in [6.07, 6.45) is 2.25. The molecule has 7 heteroatoms. The lowest BCUT2D eigenvalue weighted by molar-refractivity contribution is 0.198. The first-order valence-electron chi connectivity index (χ1n) is 11.9. The van der Waals surface area contributed by atoms with Gasteiger partial charge in [-0.25, -0.2) is 0 Å². The molecule has 0 atom stereocenters. The van der Waals surface area contributed by atoms with E-state index in [0.717, 1.165) is 57.2 Å². The summed E-state index contributed by atoms with van der Waals surface area (Å²) in [6, 6.07) is 21.7. The summed E-state index contributed by atoms with van der Waals surface area (Å²) in [4.78, 5) is 7.01. The van der Waals surface area contributed by atoms with Crippen LogP contribution in [0.5, 0.6) is 0 Å². The molecular weight excluding hydrogens is 535 g/mol. The smallest absolute Gasteiger partial charge is 0.191 e. The predicted octanol–water partition coefficient (Wildman–Crippen LogP) is 4.50. The largest absolute Gasteiger partial charge is 0.354 e. The van der Waals surface area contributed by atoms with E-state index in [2.05, 4.69) is 93.7 Å². The quantitative estimate of drug-likeness (QED) is 0.249. The van der Waals surface area contributed by atoms with E-state index in [0.29, 0.717) is 6.04 Å². The number of aromatic nitrogens is 2. The summed E-state index contributed by atoms with van der Waals surface area (Å²) in [7, 11) is 1.85. The van der Waals surface area contributed by atoms with Crippen LogP contribution in [0.4, 0.5) is 0 Å². The van der Waals surface area contributed by atoms with Gasteiger partial charge in [0.1, 0.15) is 0 Å². The van der Waals surface area contributed by atoms with Crippen molar-refractivity contribution in [3.8, 4) is 0 Å². The van der Waals surface area contributed by atoms with Gasteiger partial charge in [0.15, 0.2) is 5.96 Å². The van der Waals surface area contributed by atoms with E-state index in [1.165, 1.54) is 22.4 Å². The van der Waals surface area contributed by atoms with Gasteiger partial charge in [-0.05, 0) is 37.8 Å². The molecular formula is C27H37IN6. The van der Waals surface area contributed by atoms with Crippen LogP contribution in [0.3, 0.4) is 0 Å². The molecule has 0 unspecified atom stereocenters. The highest BCUT2D eigenvalue weighted by atomic mass is 127. The lowest BCUT2D eigenvalue weighted by Crippen LogP contribution is -2.48. The van der Waals surface area contributed by atoms with Gasteiger partial charge in [0.25, 0.3) is 0 Å². The molecule has 1 fully saturated rings. The number of likely N-dealkylation sites (tertiary alicyclic amines) is 1. The summed E-state index contributed by atoms with van der Waals surface area (Å²) in [5, 5.41) is 11.9. The van der Waals surface area contributed by atoms with Crippen LogP contribution < -0.4 is 10.6 Å². The minimum atomic E-state index is 0. The van der Waals surface area contributed by atoms with Crippen molar-refractivity contribution in [2.24, 2.45) is 4.99 Å². The number of benzene rings is 2. The fourth-order valence-electron chi connectivity index (χ4n) is 4.54. The summed E-state index contributed by atoms with van der Waals surface area (Å²) in [6.45, 7) is 9.00. The normalized spacial score (nSPS) is 15.1. The topological polar surface area (TPSA) is 57.5 Å². The summed E-state index contributed by atoms with van der Waals surface area (Å²) < 4.78 is 2.10. The van der Waals surface area contributed by atoms with Gasteiger partial charge < -0.3 is 10.6 Å². The Morgan fingerprint density at radius 3 is 2.12 bits per heavy atom. The van der Waals surface area contributed by atoms with E-state index in [1.807, 2.05) is 13.1 Å². The van der Waals surface area contributed by atoms with Crippen LogP contribution in [-0.2, 0) is 19.6 Å². The predicted molar refractivity (Wildman–Crippen MR) is 151 cm³/mol. The molecule has 3 aromatic rings. The molecule has 2 N–H and O–H groups in total. The molecule has 1 aromatic heterocycles. The van der Waals surface area contributed by atoms with Crippen molar-refractivity contribution in [3.05, 3.63) is 88.7 Å². The fourth-order valence-corrected chi connectivity index (χ4v) is 4.54. The number of aryl methyl sites for hydroxylation is 1. The monoisotopic (exact) mass is 572 g/mol. The first-order valence-corrected chi connectivity index (χ1v) is 11.9.